The van der Waals surface area contributed by atoms with Crippen molar-refractivity contribution in [3.05, 3.63) is 34.9 Å². The van der Waals surface area contributed by atoms with Crippen LogP contribution in [0, 0.1) is 0 Å². The predicted octanol–water partition coefficient (Wildman–Crippen LogP) is 3.01. The number of allylic oxidation sites excluding steroid dienone is 1. The number of aliphatic hydroxyl groups excluding tert-OH is 1. The molecule has 0 radical (unpaired) electrons. The van der Waals surface area contributed by atoms with Crippen molar-refractivity contribution in [3.63, 3.8) is 0 Å². The van der Waals surface area contributed by atoms with Gasteiger partial charge in [0.1, 0.15) is 23.4 Å². The van der Waals surface area contributed by atoms with Gasteiger partial charge in [0.25, 0.3) is 5.91 Å². The molecule has 3 aliphatic rings. The average Bonchev–Trinajstić information content (AvgIpc) is 3.34. The number of carboxylic acids is 1. The van der Waals surface area contributed by atoms with Crippen LogP contribution in [0.25, 0.3) is 0 Å². The van der Waals surface area contributed by atoms with Gasteiger partial charge in [-0.2, -0.15) is 0 Å². The van der Waals surface area contributed by atoms with Crippen molar-refractivity contribution in [3.8, 4) is 0 Å². The summed E-state index contributed by atoms with van der Waals surface area (Å²) in [7, 11) is 0. The molecule has 1 aliphatic heterocycles. The van der Waals surface area contributed by atoms with Crippen LogP contribution < -0.4 is 5.32 Å². The number of aromatic nitrogens is 1. The zero-order valence-corrected chi connectivity index (χ0v) is 15.9. The zero-order valence-electron chi connectivity index (χ0n) is 15.9. The van der Waals surface area contributed by atoms with Crippen LogP contribution in [0.5, 0.6) is 0 Å². The second-order valence-electron chi connectivity index (χ2n) is 8.18. The molecule has 0 unspecified atom stereocenters. The number of carbonyl (C=O) groups is 3. The van der Waals surface area contributed by atoms with Crippen LogP contribution in [0.4, 0.5) is 0 Å². The van der Waals surface area contributed by atoms with E-state index in [0.717, 1.165) is 44.2 Å². The van der Waals surface area contributed by atoms with Crippen molar-refractivity contribution in [2.75, 3.05) is 6.54 Å². The van der Waals surface area contributed by atoms with Gasteiger partial charge in [-0.3, -0.25) is 14.4 Å². The standard InChI is InChI=1S/C21H26N2O5/c24-16(25)12-22-20(28)17-18(26)15-9-8-14(13-6-2-1-3-7-13)23(15)21(19(17)27)10-4-5-11-21/h8-9,13,27H,1-7,10-12H2,(H,22,28)(H,24,25). The second-order valence-corrected chi connectivity index (χ2v) is 8.18. The third kappa shape index (κ3) is 2.84. The summed E-state index contributed by atoms with van der Waals surface area (Å²) in [4.78, 5) is 36.5. The summed E-state index contributed by atoms with van der Waals surface area (Å²) in [5.74, 6) is -2.38. The number of hydrogen-bond donors (Lipinski definition) is 3. The number of carbonyl (C=O) groups excluding carboxylic acids is 2. The molecule has 7 nitrogen and oxygen atoms in total. The topological polar surface area (TPSA) is 109 Å². The molecule has 2 heterocycles. The van der Waals surface area contributed by atoms with E-state index in [-0.39, 0.29) is 11.3 Å². The second kappa shape index (κ2) is 7.11. The first-order valence-corrected chi connectivity index (χ1v) is 10.2. The quantitative estimate of drug-likeness (QED) is 0.689. The number of aliphatic hydroxyl groups is 1. The normalized spacial score (nSPS) is 21.8. The van der Waals surface area contributed by atoms with Gasteiger partial charge in [-0.1, -0.05) is 32.1 Å². The lowest BCUT2D eigenvalue weighted by molar-refractivity contribution is -0.137. The minimum atomic E-state index is -1.20. The maximum Gasteiger partial charge on any atom is 0.322 e. The number of rotatable bonds is 4. The van der Waals surface area contributed by atoms with Crippen molar-refractivity contribution < 1.29 is 24.6 Å². The maximum atomic E-state index is 13.1. The highest BCUT2D eigenvalue weighted by molar-refractivity contribution is 6.26. The van der Waals surface area contributed by atoms with Gasteiger partial charge in [0, 0.05) is 5.69 Å². The molecule has 1 spiro atoms. The molecular formula is C21H26N2O5. The number of carboxylic acid groups (broad SMARTS) is 1. The van der Waals surface area contributed by atoms with Crippen LogP contribution in [0.1, 0.15) is 79.9 Å². The average molecular weight is 386 g/mol. The molecule has 150 valence electrons. The van der Waals surface area contributed by atoms with Crippen LogP contribution in [0.3, 0.4) is 0 Å². The molecule has 0 aromatic carbocycles. The lowest BCUT2D eigenvalue weighted by Crippen LogP contribution is -2.45. The van der Waals surface area contributed by atoms with Gasteiger partial charge < -0.3 is 20.1 Å². The van der Waals surface area contributed by atoms with E-state index in [1.54, 1.807) is 6.07 Å². The van der Waals surface area contributed by atoms with E-state index in [4.69, 9.17) is 5.11 Å². The predicted molar refractivity (Wildman–Crippen MR) is 101 cm³/mol. The highest BCUT2D eigenvalue weighted by Gasteiger charge is 2.50. The summed E-state index contributed by atoms with van der Waals surface area (Å²) >= 11 is 0. The van der Waals surface area contributed by atoms with Gasteiger partial charge in [0.2, 0.25) is 5.78 Å². The van der Waals surface area contributed by atoms with Crippen molar-refractivity contribution >= 4 is 17.7 Å². The summed E-state index contributed by atoms with van der Waals surface area (Å²) in [6.07, 6.45) is 8.86. The minimum absolute atomic E-state index is 0.196. The monoisotopic (exact) mass is 386 g/mol. The lowest BCUT2D eigenvalue weighted by atomic mass is 9.82. The Morgan fingerprint density at radius 1 is 1.11 bits per heavy atom. The van der Waals surface area contributed by atoms with Crippen LogP contribution in [-0.4, -0.2) is 39.0 Å². The van der Waals surface area contributed by atoms with E-state index in [1.807, 2.05) is 10.6 Å². The van der Waals surface area contributed by atoms with Crippen molar-refractivity contribution in [1.82, 2.24) is 9.88 Å². The number of amides is 1. The van der Waals surface area contributed by atoms with Crippen LogP contribution in [0.2, 0.25) is 0 Å². The zero-order chi connectivity index (χ0) is 19.9. The summed E-state index contributed by atoms with van der Waals surface area (Å²) < 4.78 is 2.02. The van der Waals surface area contributed by atoms with Gasteiger partial charge in [-0.15, -0.1) is 0 Å². The molecule has 2 fully saturated rings. The fourth-order valence-corrected chi connectivity index (χ4v) is 5.27. The Kier molecular flexibility index (Phi) is 4.77. The maximum absolute atomic E-state index is 13.1. The molecule has 4 rings (SSSR count). The van der Waals surface area contributed by atoms with Crippen molar-refractivity contribution in [2.45, 2.75) is 69.2 Å². The molecule has 1 amide bonds. The van der Waals surface area contributed by atoms with Crippen LogP contribution in [-0.2, 0) is 15.1 Å². The molecule has 2 aliphatic carbocycles. The Balaban J connectivity index is 1.80. The summed E-state index contributed by atoms with van der Waals surface area (Å²) in [6, 6.07) is 3.75. The number of hydrogen-bond acceptors (Lipinski definition) is 4. The summed E-state index contributed by atoms with van der Waals surface area (Å²) in [6.45, 7) is -0.593. The number of aliphatic carboxylic acids is 1. The SMILES string of the molecule is O=C(O)CNC(=O)C1=C(O)C2(CCCC2)n2c(ccc2C2CCCCC2)C1=O. The van der Waals surface area contributed by atoms with E-state index in [0.29, 0.717) is 24.5 Å². The molecule has 0 saturated heterocycles. The van der Waals surface area contributed by atoms with E-state index in [2.05, 4.69) is 5.32 Å². The third-order valence-electron chi connectivity index (χ3n) is 6.56. The van der Waals surface area contributed by atoms with E-state index < -0.39 is 29.7 Å². The molecule has 0 bridgehead atoms. The largest absolute Gasteiger partial charge is 0.509 e. The molecule has 1 aromatic heterocycles. The van der Waals surface area contributed by atoms with Gasteiger partial charge in [0.05, 0.1) is 5.69 Å². The van der Waals surface area contributed by atoms with E-state index >= 15 is 0 Å². The lowest BCUT2D eigenvalue weighted by Gasteiger charge is -2.39. The molecule has 1 aromatic rings. The minimum Gasteiger partial charge on any atom is -0.509 e. The first-order valence-electron chi connectivity index (χ1n) is 10.2. The Morgan fingerprint density at radius 2 is 1.79 bits per heavy atom. The molecule has 7 heteroatoms. The molecule has 0 atom stereocenters. The highest BCUT2D eigenvalue weighted by Crippen LogP contribution is 2.49. The van der Waals surface area contributed by atoms with Gasteiger partial charge in [0.15, 0.2) is 0 Å². The summed E-state index contributed by atoms with van der Waals surface area (Å²) in [5, 5.41) is 22.2. The van der Waals surface area contributed by atoms with Crippen LogP contribution >= 0.6 is 0 Å². The molecular weight excluding hydrogens is 360 g/mol. The molecule has 28 heavy (non-hydrogen) atoms. The Hall–Kier alpha value is -2.57. The fourth-order valence-electron chi connectivity index (χ4n) is 5.27. The number of nitrogens with zero attached hydrogens (tertiary/aromatic N) is 1. The molecule has 2 saturated carbocycles. The van der Waals surface area contributed by atoms with E-state index in [9.17, 15) is 19.5 Å². The molecule has 3 N–H and O–H groups in total. The van der Waals surface area contributed by atoms with Crippen LogP contribution in [0.15, 0.2) is 23.5 Å². The Bertz CT molecular complexity index is 854. The Morgan fingerprint density at radius 3 is 2.43 bits per heavy atom. The number of nitrogens with one attached hydrogen (secondary N) is 1. The first kappa shape index (κ1) is 18.8. The van der Waals surface area contributed by atoms with Gasteiger partial charge in [-0.05, 0) is 43.7 Å². The number of fused-ring (bicyclic) bond motifs is 2. The summed E-state index contributed by atoms with van der Waals surface area (Å²) in [5.41, 5.74) is 0.446. The first-order chi connectivity index (χ1) is 13.5. The van der Waals surface area contributed by atoms with Crippen molar-refractivity contribution in [2.24, 2.45) is 0 Å². The highest BCUT2D eigenvalue weighted by atomic mass is 16.4. The third-order valence-corrected chi connectivity index (χ3v) is 6.56. The number of ketones is 1. The van der Waals surface area contributed by atoms with Gasteiger partial charge in [-0.25, -0.2) is 0 Å². The Labute approximate surface area is 163 Å². The number of Topliss-reactive ketones (excluding diaryl/α,β-unsaturated/α-hetero) is 1. The smallest absolute Gasteiger partial charge is 0.322 e. The van der Waals surface area contributed by atoms with Gasteiger partial charge >= 0.3 is 5.97 Å². The van der Waals surface area contributed by atoms with E-state index in [1.165, 1.54) is 6.42 Å². The fraction of sp³-hybridized carbons (Fsp3) is 0.571. The van der Waals surface area contributed by atoms with Crippen molar-refractivity contribution in [1.29, 1.82) is 0 Å².